The van der Waals surface area contributed by atoms with Gasteiger partial charge >= 0.3 is 5.97 Å². The largest absolute Gasteiger partial charge is 0.467 e. The van der Waals surface area contributed by atoms with Gasteiger partial charge in [-0.15, -0.1) is 0 Å². The Kier molecular flexibility index (Phi) is 7.70. The third kappa shape index (κ3) is 6.48. The van der Waals surface area contributed by atoms with Gasteiger partial charge in [-0.3, -0.25) is 9.59 Å². The van der Waals surface area contributed by atoms with Gasteiger partial charge in [-0.25, -0.2) is 4.79 Å². The van der Waals surface area contributed by atoms with Gasteiger partial charge < -0.3 is 24.8 Å². The van der Waals surface area contributed by atoms with Crippen molar-refractivity contribution in [2.45, 2.75) is 52.0 Å². The number of hydrogen-bond acceptors (Lipinski definition) is 7. The fraction of sp³-hybridized carbons (Fsp3) is 0.812. The van der Waals surface area contributed by atoms with Crippen LogP contribution in [0.15, 0.2) is 0 Å². The van der Waals surface area contributed by atoms with Crippen molar-refractivity contribution < 1.29 is 28.6 Å². The molecule has 0 aromatic rings. The molecule has 144 valence electrons. The molecule has 8 nitrogen and oxygen atoms in total. The highest BCUT2D eigenvalue weighted by molar-refractivity contribution is 7.80. The summed E-state index contributed by atoms with van der Waals surface area (Å²) in [7, 11) is 1.24. The number of thiol groups is 1. The van der Waals surface area contributed by atoms with Crippen LogP contribution in [0.5, 0.6) is 0 Å². The first kappa shape index (κ1) is 21.7. The van der Waals surface area contributed by atoms with Crippen LogP contribution in [0.4, 0.5) is 0 Å². The minimum Gasteiger partial charge on any atom is -0.467 e. The van der Waals surface area contributed by atoms with Crippen LogP contribution in [-0.2, 0) is 28.6 Å². The molecule has 9 heteroatoms. The highest BCUT2D eigenvalue weighted by Crippen LogP contribution is 2.34. The second-order valence-corrected chi connectivity index (χ2v) is 7.41. The number of amides is 2. The molecular formula is C16H28N2O6S. The molecule has 0 aliphatic carbocycles. The zero-order chi connectivity index (χ0) is 19.3. The summed E-state index contributed by atoms with van der Waals surface area (Å²) >= 11 is 4.00. The molecule has 2 N–H and O–H groups in total. The molecule has 0 radical (unpaired) electrons. The summed E-state index contributed by atoms with van der Waals surface area (Å²) in [5, 5.41) is 5.20. The van der Waals surface area contributed by atoms with Gasteiger partial charge in [-0.1, -0.05) is 13.8 Å². The first-order valence-electron chi connectivity index (χ1n) is 8.10. The molecule has 1 aliphatic rings. The van der Waals surface area contributed by atoms with Crippen LogP contribution in [0.2, 0.25) is 0 Å². The van der Waals surface area contributed by atoms with Crippen LogP contribution in [0.1, 0.15) is 34.1 Å². The topological polar surface area (TPSA) is 103 Å². The molecule has 1 fully saturated rings. The van der Waals surface area contributed by atoms with Gasteiger partial charge in [0.15, 0.2) is 5.79 Å². The summed E-state index contributed by atoms with van der Waals surface area (Å²) < 4.78 is 15.9. The van der Waals surface area contributed by atoms with Crippen LogP contribution >= 0.6 is 12.6 Å². The number of rotatable bonds is 7. The molecule has 1 rings (SSSR count). The second kappa shape index (κ2) is 8.86. The predicted octanol–water partition coefficient (Wildman–Crippen LogP) is 0.258. The second-order valence-electron chi connectivity index (χ2n) is 7.04. The van der Waals surface area contributed by atoms with Gasteiger partial charge in [0.05, 0.1) is 13.7 Å². The number of esters is 1. The van der Waals surface area contributed by atoms with E-state index in [1.54, 1.807) is 13.8 Å². The highest BCUT2D eigenvalue weighted by atomic mass is 32.1. The first-order chi connectivity index (χ1) is 11.5. The summed E-state index contributed by atoms with van der Waals surface area (Å²) in [4.78, 5) is 35.7. The zero-order valence-electron chi connectivity index (χ0n) is 15.4. The minimum absolute atomic E-state index is 0.0278. The molecular weight excluding hydrogens is 348 g/mol. The Labute approximate surface area is 153 Å². The van der Waals surface area contributed by atoms with E-state index in [0.717, 1.165) is 0 Å². The average Bonchev–Trinajstić information content (AvgIpc) is 2.54. The smallest absolute Gasteiger partial charge is 0.329 e. The monoisotopic (exact) mass is 376 g/mol. The van der Waals surface area contributed by atoms with Gasteiger partial charge in [0.2, 0.25) is 11.8 Å². The Morgan fingerprint density at radius 3 is 2.48 bits per heavy atom. The number of nitrogens with one attached hydrogen (secondary N) is 2. The summed E-state index contributed by atoms with van der Waals surface area (Å²) in [6.45, 7) is 7.78. The van der Waals surface area contributed by atoms with E-state index < -0.39 is 29.3 Å². The summed E-state index contributed by atoms with van der Waals surface area (Å²) in [5.74, 6) is -1.95. The van der Waals surface area contributed by atoms with Gasteiger partial charge in [0, 0.05) is 24.1 Å². The molecule has 0 bridgehead atoms. The van der Waals surface area contributed by atoms with Crippen LogP contribution < -0.4 is 10.6 Å². The lowest BCUT2D eigenvalue weighted by Crippen LogP contribution is -2.56. The van der Waals surface area contributed by atoms with E-state index in [1.807, 2.05) is 13.8 Å². The SMILES string of the molecule is COC(=O)[C@H](CS)NC(=O)CCNC(=O)[C@@H]1OC(C)(C)OCC1(C)C. The molecule has 0 saturated carbocycles. The maximum absolute atomic E-state index is 12.4. The van der Waals surface area contributed by atoms with Crippen molar-refractivity contribution in [1.29, 1.82) is 0 Å². The lowest BCUT2D eigenvalue weighted by atomic mass is 9.85. The molecule has 0 spiro atoms. The van der Waals surface area contributed by atoms with Crippen molar-refractivity contribution >= 4 is 30.4 Å². The molecule has 1 aliphatic heterocycles. The Morgan fingerprint density at radius 2 is 1.92 bits per heavy atom. The summed E-state index contributed by atoms with van der Waals surface area (Å²) in [6.07, 6.45) is -0.653. The summed E-state index contributed by atoms with van der Waals surface area (Å²) in [6, 6.07) is -0.810. The third-order valence-corrected chi connectivity index (χ3v) is 4.16. The fourth-order valence-corrected chi connectivity index (χ4v) is 2.54. The first-order valence-corrected chi connectivity index (χ1v) is 8.73. The van der Waals surface area contributed by atoms with Crippen molar-refractivity contribution in [3.63, 3.8) is 0 Å². The number of carbonyl (C=O) groups excluding carboxylic acids is 3. The number of methoxy groups -OCH3 is 1. The van der Waals surface area contributed by atoms with Gasteiger partial charge in [-0.2, -0.15) is 12.6 Å². The van der Waals surface area contributed by atoms with Crippen molar-refractivity contribution in [3.05, 3.63) is 0 Å². The van der Waals surface area contributed by atoms with Gasteiger partial charge in [-0.05, 0) is 13.8 Å². The standard InChI is InChI=1S/C16H28N2O6S/c1-15(2)9-23-16(3,4)24-12(15)13(20)17-7-6-11(19)18-10(8-25)14(21)22-5/h10,12,25H,6-9H2,1-5H3,(H,17,20)(H,18,19)/t10-,12-/m0/s1. The highest BCUT2D eigenvalue weighted by Gasteiger charge is 2.45. The van der Waals surface area contributed by atoms with Crippen LogP contribution in [0.25, 0.3) is 0 Å². The average molecular weight is 376 g/mol. The number of ether oxygens (including phenoxy) is 3. The van der Waals surface area contributed by atoms with E-state index in [2.05, 4.69) is 28.0 Å². The normalized spacial score (nSPS) is 22.6. The van der Waals surface area contributed by atoms with E-state index in [1.165, 1.54) is 7.11 Å². The van der Waals surface area contributed by atoms with Crippen LogP contribution in [0, 0.1) is 5.41 Å². The molecule has 25 heavy (non-hydrogen) atoms. The van der Waals surface area contributed by atoms with E-state index in [4.69, 9.17) is 9.47 Å². The minimum atomic E-state index is -0.838. The van der Waals surface area contributed by atoms with Crippen molar-refractivity contribution in [2.75, 3.05) is 26.0 Å². The van der Waals surface area contributed by atoms with Gasteiger partial charge in [0.1, 0.15) is 12.1 Å². The summed E-state index contributed by atoms with van der Waals surface area (Å²) in [5.41, 5.74) is -0.482. The lowest BCUT2D eigenvalue weighted by molar-refractivity contribution is -0.304. The maximum atomic E-state index is 12.4. The van der Waals surface area contributed by atoms with E-state index in [0.29, 0.717) is 6.61 Å². The Bertz CT molecular complexity index is 509. The molecule has 2 amide bonds. The Balaban J connectivity index is 2.48. The molecule has 0 aromatic carbocycles. The van der Waals surface area contributed by atoms with Gasteiger partial charge in [0.25, 0.3) is 0 Å². The molecule has 1 saturated heterocycles. The molecule has 2 atom stereocenters. The van der Waals surface area contributed by atoms with E-state index in [9.17, 15) is 14.4 Å². The Hall–Kier alpha value is -1.32. The molecule has 1 heterocycles. The quantitative estimate of drug-likeness (QED) is 0.435. The zero-order valence-corrected chi connectivity index (χ0v) is 16.3. The number of hydrogen-bond donors (Lipinski definition) is 3. The van der Waals surface area contributed by atoms with Crippen LogP contribution in [-0.4, -0.2) is 61.7 Å². The Morgan fingerprint density at radius 1 is 1.28 bits per heavy atom. The lowest BCUT2D eigenvalue weighted by Gasteiger charge is -2.44. The van der Waals surface area contributed by atoms with E-state index in [-0.39, 0.29) is 30.5 Å². The third-order valence-electron chi connectivity index (χ3n) is 3.80. The van der Waals surface area contributed by atoms with E-state index >= 15 is 0 Å². The fourth-order valence-electron chi connectivity index (χ4n) is 2.30. The predicted molar refractivity (Wildman–Crippen MR) is 94.1 cm³/mol. The molecule has 0 aromatic heterocycles. The van der Waals surface area contributed by atoms with Crippen molar-refractivity contribution in [1.82, 2.24) is 10.6 Å². The maximum Gasteiger partial charge on any atom is 0.329 e. The van der Waals surface area contributed by atoms with Crippen LogP contribution in [0.3, 0.4) is 0 Å². The number of carbonyl (C=O) groups is 3. The van der Waals surface area contributed by atoms with Crippen molar-refractivity contribution in [3.8, 4) is 0 Å². The molecule has 0 unspecified atom stereocenters. The van der Waals surface area contributed by atoms with Crippen molar-refractivity contribution in [2.24, 2.45) is 5.41 Å².